The molecule has 0 N–H and O–H groups in total. The van der Waals surface area contributed by atoms with Gasteiger partial charge in [-0.25, -0.2) is 0 Å². The van der Waals surface area contributed by atoms with E-state index >= 15 is 0 Å². The van der Waals surface area contributed by atoms with Crippen LogP contribution in [0.5, 0.6) is 0 Å². The second-order valence-corrected chi connectivity index (χ2v) is 5.00. The van der Waals surface area contributed by atoms with Crippen molar-refractivity contribution in [1.29, 1.82) is 0 Å². The van der Waals surface area contributed by atoms with E-state index in [1.54, 1.807) is 6.92 Å². The first-order valence-electron chi connectivity index (χ1n) is 3.36. The SMILES string of the molecule is CCCCN(S(=O)(=O)F)S(=O)(=O)F. The fraction of sp³-hybridized carbons (Fsp3) is 1.00. The van der Waals surface area contributed by atoms with Crippen molar-refractivity contribution in [3.05, 3.63) is 0 Å². The van der Waals surface area contributed by atoms with Gasteiger partial charge in [-0.1, -0.05) is 21.1 Å². The van der Waals surface area contributed by atoms with Crippen LogP contribution in [0.2, 0.25) is 0 Å². The van der Waals surface area contributed by atoms with Crippen LogP contribution in [0.1, 0.15) is 19.8 Å². The topological polar surface area (TPSA) is 71.5 Å². The Hall–Kier alpha value is -0.280. The lowest BCUT2D eigenvalue weighted by Crippen LogP contribution is -2.32. The molecule has 0 bridgehead atoms. The maximum absolute atomic E-state index is 12.2. The summed E-state index contributed by atoms with van der Waals surface area (Å²) in [6, 6.07) is 0. The van der Waals surface area contributed by atoms with Crippen LogP contribution in [0.3, 0.4) is 0 Å². The highest BCUT2D eigenvalue weighted by Gasteiger charge is 2.33. The monoisotopic (exact) mass is 237 g/mol. The summed E-state index contributed by atoms with van der Waals surface area (Å²) in [5.74, 6) is 0. The van der Waals surface area contributed by atoms with Gasteiger partial charge < -0.3 is 0 Å². The Morgan fingerprint density at radius 3 is 1.69 bits per heavy atom. The molecule has 0 radical (unpaired) electrons. The number of hydrogen-bond acceptors (Lipinski definition) is 4. The average molecular weight is 237 g/mol. The van der Waals surface area contributed by atoms with E-state index in [2.05, 4.69) is 0 Å². The van der Waals surface area contributed by atoms with Gasteiger partial charge in [0.05, 0.1) is 0 Å². The van der Waals surface area contributed by atoms with E-state index < -0.39 is 31.1 Å². The smallest absolute Gasteiger partial charge is 0.176 e. The van der Waals surface area contributed by atoms with Crippen molar-refractivity contribution in [3.63, 3.8) is 0 Å². The van der Waals surface area contributed by atoms with Crippen molar-refractivity contribution in [1.82, 2.24) is 3.71 Å². The summed E-state index contributed by atoms with van der Waals surface area (Å²) in [6.45, 7) is 0.905. The summed E-state index contributed by atoms with van der Waals surface area (Å²) in [5, 5.41) is 0. The van der Waals surface area contributed by atoms with Crippen LogP contribution >= 0.6 is 0 Å². The first kappa shape index (κ1) is 12.7. The van der Waals surface area contributed by atoms with Crippen molar-refractivity contribution in [2.45, 2.75) is 19.8 Å². The molecule has 0 aromatic heterocycles. The second kappa shape index (κ2) is 4.29. The van der Waals surface area contributed by atoms with E-state index in [0.29, 0.717) is 6.42 Å². The fourth-order valence-electron chi connectivity index (χ4n) is 0.612. The zero-order valence-electron chi connectivity index (χ0n) is 6.77. The molecule has 0 saturated heterocycles. The zero-order valence-corrected chi connectivity index (χ0v) is 8.41. The van der Waals surface area contributed by atoms with Gasteiger partial charge in [0.2, 0.25) is 0 Å². The molecule has 0 aliphatic heterocycles. The van der Waals surface area contributed by atoms with E-state index in [4.69, 9.17) is 0 Å². The van der Waals surface area contributed by atoms with E-state index in [-0.39, 0.29) is 6.42 Å². The third-order valence-corrected chi connectivity index (χ3v) is 3.59. The molecule has 0 aliphatic carbocycles. The van der Waals surface area contributed by atoms with Crippen molar-refractivity contribution in [2.24, 2.45) is 0 Å². The zero-order chi connectivity index (χ0) is 10.7. The number of rotatable bonds is 5. The van der Waals surface area contributed by atoms with E-state index in [1.807, 2.05) is 0 Å². The molecule has 0 rings (SSSR count). The molecular formula is C4H9F2NO4S2. The van der Waals surface area contributed by atoms with Crippen LogP contribution in [0, 0.1) is 0 Å². The Kier molecular flexibility index (Phi) is 4.20. The minimum Gasteiger partial charge on any atom is -0.176 e. The predicted molar refractivity (Wildman–Crippen MR) is 41.7 cm³/mol. The molecule has 0 saturated carbocycles. The first-order valence-corrected chi connectivity index (χ1v) is 6.04. The first-order chi connectivity index (χ1) is 5.69. The summed E-state index contributed by atoms with van der Waals surface area (Å²) >= 11 is 0. The molecule has 5 nitrogen and oxygen atoms in total. The Morgan fingerprint density at radius 2 is 1.46 bits per heavy atom. The molecule has 0 amide bonds. The highest BCUT2D eigenvalue weighted by atomic mass is 32.3. The minimum absolute atomic E-state index is 0.0618. The Labute approximate surface area is 76.0 Å². The molecule has 0 aliphatic rings. The van der Waals surface area contributed by atoms with E-state index in [9.17, 15) is 24.6 Å². The average Bonchev–Trinajstić information content (AvgIpc) is 1.81. The second-order valence-electron chi connectivity index (χ2n) is 2.23. The normalized spacial score (nSPS) is 13.5. The maximum Gasteiger partial charge on any atom is 0.390 e. The summed E-state index contributed by atoms with van der Waals surface area (Å²) < 4.78 is 64.0. The molecular weight excluding hydrogens is 228 g/mol. The quantitative estimate of drug-likeness (QED) is 0.653. The molecule has 0 heterocycles. The van der Waals surface area contributed by atoms with Gasteiger partial charge >= 0.3 is 20.8 Å². The summed E-state index contributed by atoms with van der Waals surface area (Å²) in [7, 11) is -11.0. The lowest BCUT2D eigenvalue weighted by Gasteiger charge is -2.10. The Balaban J connectivity index is 4.81. The number of hydrogen-bond donors (Lipinski definition) is 0. The number of unbranched alkanes of at least 4 members (excludes halogenated alkanes) is 1. The summed E-state index contributed by atoms with van der Waals surface area (Å²) in [5.41, 5.74) is 0. The molecule has 0 fully saturated rings. The van der Waals surface area contributed by atoms with Gasteiger partial charge in [-0.3, -0.25) is 0 Å². The molecule has 0 unspecified atom stereocenters. The Bertz CT molecular complexity index is 316. The highest BCUT2D eigenvalue weighted by molar-refractivity contribution is 7.99. The van der Waals surface area contributed by atoms with Gasteiger partial charge in [-0.2, -0.15) is 16.8 Å². The van der Waals surface area contributed by atoms with Gasteiger partial charge in [0.1, 0.15) is 0 Å². The molecule has 13 heavy (non-hydrogen) atoms. The maximum atomic E-state index is 12.2. The van der Waals surface area contributed by atoms with Crippen LogP contribution in [-0.2, 0) is 20.8 Å². The standard InChI is InChI=1S/C4H9F2NO4S2/c1-2-3-4-7(12(5,8)9)13(6,10)11/h2-4H2,1H3. The molecule has 80 valence electrons. The minimum atomic E-state index is -5.52. The lowest BCUT2D eigenvalue weighted by molar-refractivity contribution is 0.438. The van der Waals surface area contributed by atoms with Gasteiger partial charge in [0, 0.05) is 6.54 Å². The van der Waals surface area contributed by atoms with Crippen molar-refractivity contribution in [2.75, 3.05) is 6.54 Å². The fourth-order valence-corrected chi connectivity index (χ4v) is 2.16. The highest BCUT2D eigenvalue weighted by Crippen LogP contribution is 2.12. The van der Waals surface area contributed by atoms with Crippen LogP contribution in [0.25, 0.3) is 0 Å². The van der Waals surface area contributed by atoms with Crippen LogP contribution in [0.4, 0.5) is 7.77 Å². The molecule has 9 heteroatoms. The van der Waals surface area contributed by atoms with Crippen molar-refractivity contribution < 1.29 is 24.6 Å². The summed E-state index contributed by atoms with van der Waals surface area (Å²) in [4.78, 5) is 0. The molecule has 0 atom stereocenters. The Morgan fingerprint density at radius 1 is 1.08 bits per heavy atom. The molecule has 0 aromatic rings. The molecule has 0 spiro atoms. The lowest BCUT2D eigenvalue weighted by atomic mass is 10.3. The van der Waals surface area contributed by atoms with Gasteiger partial charge in [-0.05, 0) is 10.1 Å². The number of nitrogens with zero attached hydrogens (tertiary/aromatic N) is 1. The van der Waals surface area contributed by atoms with Gasteiger partial charge in [0.25, 0.3) is 0 Å². The summed E-state index contributed by atoms with van der Waals surface area (Å²) in [6.07, 6.45) is 0.480. The third-order valence-electron chi connectivity index (χ3n) is 1.18. The predicted octanol–water partition coefficient (Wildman–Crippen LogP) is 0.517. The van der Waals surface area contributed by atoms with Crippen molar-refractivity contribution >= 4 is 20.8 Å². The largest absolute Gasteiger partial charge is 0.390 e. The number of halogens is 2. The third kappa shape index (κ3) is 4.48. The van der Waals surface area contributed by atoms with E-state index in [1.165, 1.54) is 0 Å². The van der Waals surface area contributed by atoms with Crippen molar-refractivity contribution in [3.8, 4) is 0 Å². The van der Waals surface area contributed by atoms with Gasteiger partial charge in [0.15, 0.2) is 0 Å². The van der Waals surface area contributed by atoms with Gasteiger partial charge in [-0.15, -0.1) is 0 Å². The van der Waals surface area contributed by atoms with Crippen LogP contribution in [0.15, 0.2) is 0 Å². The van der Waals surface area contributed by atoms with E-state index in [0.717, 1.165) is 0 Å². The van der Waals surface area contributed by atoms with Crippen LogP contribution in [-0.4, -0.2) is 27.1 Å². The van der Waals surface area contributed by atoms with Crippen LogP contribution < -0.4 is 0 Å². The molecule has 0 aromatic carbocycles.